The van der Waals surface area contributed by atoms with Crippen molar-refractivity contribution in [2.75, 3.05) is 12.4 Å². The Morgan fingerprint density at radius 2 is 1.87 bits per heavy atom. The molecule has 1 aromatic heterocycles. The number of anilines is 1. The number of carbonyl (C=O) groups is 2. The topological polar surface area (TPSA) is 93.8 Å². The number of rotatable bonds is 5. The molecule has 1 heterocycles. The smallest absolute Gasteiger partial charge is 0.420 e. The third-order valence-electron chi connectivity index (χ3n) is 4.60. The number of benzene rings is 2. The summed E-state index contributed by atoms with van der Waals surface area (Å²) in [5.74, 6) is -0.942. The van der Waals surface area contributed by atoms with Crippen molar-refractivity contribution >= 4 is 28.8 Å². The van der Waals surface area contributed by atoms with Gasteiger partial charge in [0.15, 0.2) is 5.58 Å². The van der Waals surface area contributed by atoms with Crippen LogP contribution in [0.15, 0.2) is 57.7 Å². The van der Waals surface area contributed by atoms with Gasteiger partial charge in [0.05, 0.1) is 5.52 Å². The summed E-state index contributed by atoms with van der Waals surface area (Å²) < 4.78 is 11.9. The Labute approximate surface area is 180 Å². The minimum atomic E-state index is -0.774. The zero-order chi connectivity index (χ0) is 22.8. The van der Waals surface area contributed by atoms with Crippen LogP contribution in [0, 0.1) is 0 Å². The second-order valence-electron chi connectivity index (χ2n) is 8.41. The molecule has 0 aliphatic carbocycles. The normalized spacial score (nSPS) is 12.4. The van der Waals surface area contributed by atoms with Crippen molar-refractivity contribution in [1.29, 1.82) is 0 Å². The fourth-order valence-corrected chi connectivity index (χ4v) is 3.14. The van der Waals surface area contributed by atoms with Crippen LogP contribution < -0.4 is 11.1 Å². The molecular weight excluding hydrogens is 398 g/mol. The molecule has 1 unspecified atom stereocenters. The number of nitrogens with zero attached hydrogens (tertiary/aromatic N) is 2. The minimum Gasteiger partial charge on any atom is -0.444 e. The highest BCUT2D eigenvalue weighted by Crippen LogP contribution is 2.19. The fraction of sp³-hybridized carbons (Fsp3) is 0.348. The van der Waals surface area contributed by atoms with Gasteiger partial charge in [-0.15, -0.1) is 0 Å². The van der Waals surface area contributed by atoms with Gasteiger partial charge in [-0.3, -0.25) is 9.36 Å². The summed E-state index contributed by atoms with van der Waals surface area (Å²) in [4.78, 5) is 38.7. The Kier molecular flexibility index (Phi) is 6.19. The Balaban J connectivity index is 1.71. The number of hydrogen-bond donors (Lipinski definition) is 1. The predicted molar refractivity (Wildman–Crippen MR) is 118 cm³/mol. The first kappa shape index (κ1) is 22.1. The van der Waals surface area contributed by atoms with Gasteiger partial charge in [0, 0.05) is 19.3 Å². The van der Waals surface area contributed by atoms with Crippen LogP contribution in [0.4, 0.5) is 10.5 Å². The SMILES string of the molecule is CC(C(=O)Nc1cccc(CN(C)C(=O)OC(C)(C)C)c1)n1c(=O)oc2ccccc21. The van der Waals surface area contributed by atoms with Gasteiger partial charge >= 0.3 is 11.8 Å². The van der Waals surface area contributed by atoms with Gasteiger partial charge in [0.25, 0.3) is 0 Å². The third-order valence-corrected chi connectivity index (χ3v) is 4.60. The van der Waals surface area contributed by atoms with E-state index in [1.165, 1.54) is 9.47 Å². The van der Waals surface area contributed by atoms with Crippen molar-refractivity contribution in [3.05, 3.63) is 64.6 Å². The molecule has 0 saturated heterocycles. The lowest BCUT2D eigenvalue weighted by Gasteiger charge is -2.24. The number of oxazole rings is 1. The van der Waals surface area contributed by atoms with Gasteiger partial charge in [0.2, 0.25) is 5.91 Å². The van der Waals surface area contributed by atoms with Gasteiger partial charge < -0.3 is 19.4 Å². The number of aromatic nitrogens is 1. The molecule has 0 aliphatic heterocycles. The summed E-state index contributed by atoms with van der Waals surface area (Å²) in [6.45, 7) is 7.39. The van der Waals surface area contributed by atoms with Crippen LogP contribution in [0.3, 0.4) is 0 Å². The second-order valence-corrected chi connectivity index (χ2v) is 8.41. The number of carbonyl (C=O) groups excluding carboxylic acids is 2. The lowest BCUT2D eigenvalue weighted by molar-refractivity contribution is -0.118. The third kappa shape index (κ3) is 5.33. The molecule has 164 valence electrons. The highest BCUT2D eigenvalue weighted by atomic mass is 16.6. The van der Waals surface area contributed by atoms with E-state index in [9.17, 15) is 14.4 Å². The van der Waals surface area contributed by atoms with Crippen molar-refractivity contribution in [2.45, 2.75) is 45.9 Å². The maximum Gasteiger partial charge on any atom is 0.420 e. The standard InChI is InChI=1S/C23H27N3O5/c1-15(26-18-11-6-7-12-19(18)30-22(26)29)20(27)24-17-10-8-9-16(13-17)14-25(5)21(28)31-23(2,3)4/h6-13,15H,14H2,1-5H3,(H,24,27). The Hall–Kier alpha value is -3.55. The number of fused-ring (bicyclic) bond motifs is 1. The first-order valence-corrected chi connectivity index (χ1v) is 9.99. The van der Waals surface area contributed by atoms with Crippen molar-refractivity contribution in [3.8, 4) is 0 Å². The van der Waals surface area contributed by atoms with Crippen LogP contribution in [0.25, 0.3) is 11.1 Å². The molecule has 2 amide bonds. The van der Waals surface area contributed by atoms with Crippen LogP contribution >= 0.6 is 0 Å². The van der Waals surface area contributed by atoms with Gasteiger partial charge in [-0.2, -0.15) is 0 Å². The summed E-state index contributed by atoms with van der Waals surface area (Å²) in [7, 11) is 1.65. The van der Waals surface area contributed by atoms with Crippen molar-refractivity contribution < 1.29 is 18.7 Å². The maximum absolute atomic E-state index is 12.8. The molecule has 0 spiro atoms. The van der Waals surface area contributed by atoms with E-state index in [0.717, 1.165) is 5.56 Å². The molecule has 3 aromatic rings. The Morgan fingerprint density at radius 3 is 2.58 bits per heavy atom. The van der Waals surface area contributed by atoms with Crippen LogP contribution in [0.2, 0.25) is 0 Å². The Bertz CT molecular complexity index is 1160. The molecule has 8 heteroatoms. The largest absolute Gasteiger partial charge is 0.444 e. The highest BCUT2D eigenvalue weighted by Gasteiger charge is 2.22. The quantitative estimate of drug-likeness (QED) is 0.662. The van der Waals surface area contributed by atoms with Gasteiger partial charge in [0.1, 0.15) is 11.6 Å². The summed E-state index contributed by atoms with van der Waals surface area (Å²) in [6.07, 6.45) is -0.429. The summed E-state index contributed by atoms with van der Waals surface area (Å²) in [6, 6.07) is 13.4. The first-order chi connectivity index (χ1) is 14.5. The number of amides is 2. The number of nitrogens with one attached hydrogen (secondary N) is 1. The lowest BCUT2D eigenvalue weighted by atomic mass is 10.2. The van der Waals surface area contributed by atoms with E-state index in [1.807, 2.05) is 26.8 Å². The van der Waals surface area contributed by atoms with E-state index in [2.05, 4.69) is 5.32 Å². The molecule has 0 aliphatic rings. The van der Waals surface area contributed by atoms with Gasteiger partial charge in [-0.1, -0.05) is 24.3 Å². The molecule has 0 bridgehead atoms. The monoisotopic (exact) mass is 425 g/mol. The molecular formula is C23H27N3O5. The number of ether oxygens (including phenoxy) is 1. The van der Waals surface area contributed by atoms with E-state index >= 15 is 0 Å². The average molecular weight is 425 g/mol. The van der Waals surface area contributed by atoms with Crippen LogP contribution in [0.5, 0.6) is 0 Å². The zero-order valence-electron chi connectivity index (χ0n) is 18.3. The van der Waals surface area contributed by atoms with Crippen molar-refractivity contribution in [3.63, 3.8) is 0 Å². The van der Waals surface area contributed by atoms with Crippen LogP contribution in [-0.4, -0.2) is 34.1 Å². The first-order valence-electron chi connectivity index (χ1n) is 9.99. The molecule has 8 nitrogen and oxygen atoms in total. The summed E-state index contributed by atoms with van der Waals surface area (Å²) in [5.41, 5.74) is 1.80. The number of para-hydroxylation sites is 2. The molecule has 2 aromatic carbocycles. The van der Waals surface area contributed by atoms with E-state index in [0.29, 0.717) is 23.3 Å². The zero-order valence-corrected chi connectivity index (χ0v) is 18.3. The molecule has 3 rings (SSSR count). The summed E-state index contributed by atoms with van der Waals surface area (Å²) >= 11 is 0. The van der Waals surface area contributed by atoms with Gasteiger partial charge in [-0.05, 0) is 57.5 Å². The van der Waals surface area contributed by atoms with E-state index in [4.69, 9.17) is 9.15 Å². The number of hydrogen-bond acceptors (Lipinski definition) is 5. The van der Waals surface area contributed by atoms with Crippen LogP contribution in [-0.2, 0) is 16.1 Å². The minimum absolute atomic E-state index is 0.319. The van der Waals surface area contributed by atoms with Gasteiger partial charge in [-0.25, -0.2) is 9.59 Å². The molecule has 0 saturated carbocycles. The fourth-order valence-electron chi connectivity index (χ4n) is 3.14. The maximum atomic E-state index is 12.8. The van der Waals surface area contributed by atoms with Crippen molar-refractivity contribution in [1.82, 2.24) is 9.47 Å². The molecule has 0 fully saturated rings. The second kappa shape index (κ2) is 8.67. The van der Waals surface area contributed by atoms with Crippen molar-refractivity contribution in [2.24, 2.45) is 0 Å². The summed E-state index contributed by atoms with van der Waals surface area (Å²) in [5, 5.41) is 2.83. The highest BCUT2D eigenvalue weighted by molar-refractivity contribution is 5.94. The molecule has 1 atom stereocenters. The van der Waals surface area contributed by atoms with E-state index in [1.54, 1.807) is 56.4 Å². The molecule has 1 N–H and O–H groups in total. The molecule has 31 heavy (non-hydrogen) atoms. The van der Waals surface area contributed by atoms with E-state index < -0.39 is 23.5 Å². The Morgan fingerprint density at radius 1 is 1.16 bits per heavy atom. The predicted octanol–water partition coefficient (Wildman–Crippen LogP) is 4.16. The molecule has 0 radical (unpaired) electrons. The van der Waals surface area contributed by atoms with Crippen LogP contribution in [0.1, 0.15) is 39.3 Å². The average Bonchev–Trinajstić information content (AvgIpc) is 3.02. The van der Waals surface area contributed by atoms with E-state index in [-0.39, 0.29) is 5.91 Å². The lowest BCUT2D eigenvalue weighted by Crippen LogP contribution is -2.33.